The number of hydrogen-bond acceptors (Lipinski definition) is 4. The van der Waals surface area contributed by atoms with Crippen LogP contribution in [0.5, 0.6) is 11.5 Å². The van der Waals surface area contributed by atoms with E-state index in [-0.39, 0.29) is 6.61 Å². The number of aliphatic hydroxyl groups is 1. The lowest BCUT2D eigenvalue weighted by Gasteiger charge is -2.04. The minimum absolute atomic E-state index is 0.0135. The number of hydrogen-bond donors (Lipinski definition) is 1. The summed E-state index contributed by atoms with van der Waals surface area (Å²) in [5.41, 5.74) is 0.795. The van der Waals surface area contributed by atoms with Gasteiger partial charge in [-0.15, -0.1) is 11.3 Å². The molecule has 0 saturated heterocycles. The molecule has 4 heteroatoms. The van der Waals surface area contributed by atoms with Crippen LogP contribution in [0.25, 0.3) is 0 Å². The summed E-state index contributed by atoms with van der Waals surface area (Å²) in [6.45, 7) is -0.0135. The highest BCUT2D eigenvalue weighted by Crippen LogP contribution is 2.26. The van der Waals surface area contributed by atoms with Gasteiger partial charge in [-0.2, -0.15) is 0 Å². The van der Waals surface area contributed by atoms with Crippen molar-refractivity contribution >= 4 is 17.6 Å². The molecule has 0 aliphatic carbocycles. The summed E-state index contributed by atoms with van der Waals surface area (Å²) in [5.74, 6) is 1.30. The Hall–Kier alpha value is -1.65. The van der Waals surface area contributed by atoms with E-state index in [2.05, 4.69) is 0 Å². The Labute approximate surface area is 96.9 Å². The molecule has 1 heterocycles. The minimum atomic E-state index is -0.0135. The maximum absolute atomic E-state index is 10.5. The molecular formula is C12H10O3S. The zero-order valence-electron chi connectivity index (χ0n) is 8.42. The monoisotopic (exact) mass is 234 g/mol. The fraction of sp³-hybridized carbons (Fsp3) is 0.0833. The van der Waals surface area contributed by atoms with Gasteiger partial charge >= 0.3 is 0 Å². The lowest BCUT2D eigenvalue weighted by atomic mass is 10.2. The van der Waals surface area contributed by atoms with Crippen molar-refractivity contribution in [3.63, 3.8) is 0 Å². The van der Waals surface area contributed by atoms with Crippen LogP contribution in [0.1, 0.15) is 15.2 Å². The number of carbonyl (C=O) groups excluding carboxylic acids is 1. The van der Waals surface area contributed by atoms with Crippen molar-refractivity contribution in [1.29, 1.82) is 0 Å². The third kappa shape index (κ3) is 2.48. The highest BCUT2D eigenvalue weighted by atomic mass is 32.1. The normalized spacial score (nSPS) is 10.1. The molecule has 0 radical (unpaired) electrons. The van der Waals surface area contributed by atoms with Crippen molar-refractivity contribution < 1.29 is 14.6 Å². The van der Waals surface area contributed by atoms with E-state index in [0.29, 0.717) is 16.4 Å². The van der Waals surface area contributed by atoms with Crippen LogP contribution in [0.4, 0.5) is 0 Å². The van der Waals surface area contributed by atoms with Gasteiger partial charge < -0.3 is 9.84 Å². The van der Waals surface area contributed by atoms with Crippen molar-refractivity contribution in [3.8, 4) is 11.5 Å². The molecule has 1 N–H and O–H groups in total. The van der Waals surface area contributed by atoms with Crippen molar-refractivity contribution in [2.75, 3.05) is 0 Å². The van der Waals surface area contributed by atoms with Crippen LogP contribution in [0.2, 0.25) is 0 Å². The summed E-state index contributed by atoms with van der Waals surface area (Å²) in [6.07, 6.45) is 0.793. The van der Waals surface area contributed by atoms with Crippen LogP contribution >= 0.6 is 11.3 Å². The van der Waals surface area contributed by atoms with Gasteiger partial charge in [-0.25, -0.2) is 0 Å². The number of thiophene rings is 1. The molecule has 0 atom stereocenters. The van der Waals surface area contributed by atoms with Gasteiger partial charge in [0.15, 0.2) is 6.29 Å². The standard InChI is InChI=1S/C12H10O3S/c13-6-9-2-1-3-10(4-9)15-11-5-12(7-14)16-8-11/h1-5,7-8,13H,6H2. The number of carbonyl (C=O) groups is 1. The van der Waals surface area contributed by atoms with Crippen LogP contribution in [-0.4, -0.2) is 11.4 Å². The predicted molar refractivity (Wildman–Crippen MR) is 62.1 cm³/mol. The average molecular weight is 234 g/mol. The number of aliphatic hydroxyl groups excluding tert-OH is 1. The highest BCUT2D eigenvalue weighted by molar-refractivity contribution is 7.11. The average Bonchev–Trinajstić information content (AvgIpc) is 2.77. The molecule has 0 amide bonds. The first-order valence-electron chi connectivity index (χ1n) is 4.73. The fourth-order valence-corrected chi connectivity index (χ4v) is 1.90. The molecule has 2 rings (SSSR count). The second kappa shape index (κ2) is 4.92. The lowest BCUT2D eigenvalue weighted by Crippen LogP contribution is -1.85. The molecule has 0 bridgehead atoms. The predicted octanol–water partition coefficient (Wildman–Crippen LogP) is 2.85. The third-order valence-corrected chi connectivity index (χ3v) is 2.86. The smallest absolute Gasteiger partial charge is 0.160 e. The Bertz CT molecular complexity index is 491. The maximum Gasteiger partial charge on any atom is 0.160 e. The second-order valence-electron chi connectivity index (χ2n) is 3.21. The van der Waals surface area contributed by atoms with E-state index in [0.717, 1.165) is 11.8 Å². The van der Waals surface area contributed by atoms with Gasteiger partial charge in [-0.1, -0.05) is 12.1 Å². The van der Waals surface area contributed by atoms with Gasteiger partial charge in [0, 0.05) is 11.4 Å². The number of rotatable bonds is 4. The molecule has 0 aliphatic heterocycles. The molecule has 1 aromatic heterocycles. The number of ether oxygens (including phenoxy) is 1. The molecular weight excluding hydrogens is 224 g/mol. The Balaban J connectivity index is 2.16. The van der Waals surface area contributed by atoms with Gasteiger partial charge in [0.2, 0.25) is 0 Å². The fourth-order valence-electron chi connectivity index (χ4n) is 1.29. The van der Waals surface area contributed by atoms with E-state index in [1.807, 2.05) is 12.1 Å². The first kappa shape index (κ1) is 10.9. The van der Waals surface area contributed by atoms with Crippen molar-refractivity contribution in [3.05, 3.63) is 46.2 Å². The largest absolute Gasteiger partial charge is 0.456 e. The van der Waals surface area contributed by atoms with Crippen LogP contribution in [0, 0.1) is 0 Å². The maximum atomic E-state index is 10.5. The molecule has 2 aromatic rings. The number of benzene rings is 1. The molecule has 0 saturated carbocycles. The summed E-state index contributed by atoms with van der Waals surface area (Å²) in [6, 6.07) is 8.88. The van der Waals surface area contributed by atoms with Gasteiger partial charge in [-0.05, 0) is 17.7 Å². The molecule has 0 fully saturated rings. The van der Waals surface area contributed by atoms with E-state index >= 15 is 0 Å². The van der Waals surface area contributed by atoms with Crippen LogP contribution in [0.15, 0.2) is 35.7 Å². The van der Waals surface area contributed by atoms with E-state index in [9.17, 15) is 4.79 Å². The quantitative estimate of drug-likeness (QED) is 0.827. The molecule has 0 aliphatic rings. The van der Waals surface area contributed by atoms with Crippen LogP contribution in [0.3, 0.4) is 0 Å². The Kier molecular flexibility index (Phi) is 3.34. The van der Waals surface area contributed by atoms with Crippen LogP contribution in [-0.2, 0) is 6.61 Å². The summed E-state index contributed by atoms with van der Waals surface area (Å²) in [4.78, 5) is 11.1. The zero-order valence-corrected chi connectivity index (χ0v) is 9.24. The van der Waals surface area contributed by atoms with Crippen molar-refractivity contribution in [1.82, 2.24) is 0 Å². The van der Waals surface area contributed by atoms with Crippen molar-refractivity contribution in [2.24, 2.45) is 0 Å². The summed E-state index contributed by atoms with van der Waals surface area (Å²) >= 11 is 1.34. The second-order valence-corrected chi connectivity index (χ2v) is 4.15. The van der Waals surface area contributed by atoms with Gasteiger partial charge in [0.1, 0.15) is 11.5 Å². The third-order valence-electron chi connectivity index (χ3n) is 2.03. The van der Waals surface area contributed by atoms with E-state index in [4.69, 9.17) is 9.84 Å². The Morgan fingerprint density at radius 1 is 1.31 bits per heavy atom. The summed E-state index contributed by atoms with van der Waals surface area (Å²) in [7, 11) is 0. The SMILES string of the molecule is O=Cc1cc(Oc2cccc(CO)c2)cs1. The van der Waals surface area contributed by atoms with Gasteiger partial charge in [0.25, 0.3) is 0 Å². The molecule has 82 valence electrons. The van der Waals surface area contributed by atoms with E-state index in [1.54, 1.807) is 23.6 Å². The molecule has 16 heavy (non-hydrogen) atoms. The lowest BCUT2D eigenvalue weighted by molar-refractivity contribution is 0.112. The number of aldehydes is 1. The summed E-state index contributed by atoms with van der Waals surface area (Å²) in [5, 5.41) is 10.7. The molecule has 0 spiro atoms. The topological polar surface area (TPSA) is 46.5 Å². The van der Waals surface area contributed by atoms with Crippen LogP contribution < -0.4 is 4.74 Å². The first-order valence-corrected chi connectivity index (χ1v) is 5.61. The van der Waals surface area contributed by atoms with Gasteiger partial charge in [-0.3, -0.25) is 4.79 Å². The molecule has 1 aromatic carbocycles. The highest BCUT2D eigenvalue weighted by Gasteiger charge is 2.02. The Morgan fingerprint density at radius 3 is 2.88 bits per heavy atom. The summed E-state index contributed by atoms with van der Waals surface area (Å²) < 4.78 is 5.54. The Morgan fingerprint density at radius 2 is 2.19 bits per heavy atom. The minimum Gasteiger partial charge on any atom is -0.456 e. The first-order chi connectivity index (χ1) is 7.81. The van der Waals surface area contributed by atoms with E-state index in [1.165, 1.54) is 11.3 Å². The zero-order chi connectivity index (χ0) is 11.4. The van der Waals surface area contributed by atoms with E-state index < -0.39 is 0 Å². The van der Waals surface area contributed by atoms with Crippen molar-refractivity contribution in [2.45, 2.75) is 6.61 Å². The van der Waals surface area contributed by atoms with Gasteiger partial charge in [0.05, 0.1) is 11.5 Å². The molecule has 0 unspecified atom stereocenters. The molecule has 3 nitrogen and oxygen atoms in total.